The number of piperazine rings is 1. The lowest BCUT2D eigenvalue weighted by Gasteiger charge is -2.34. The molecule has 0 unspecified atom stereocenters. The van der Waals surface area contributed by atoms with Crippen molar-refractivity contribution in [3.63, 3.8) is 0 Å². The molecule has 1 fully saturated rings. The maximum atomic E-state index is 12.4. The number of imidazole rings is 1. The Balaban J connectivity index is 0.000000868. The van der Waals surface area contributed by atoms with Crippen LogP contribution in [0.5, 0.6) is 0 Å². The standard InChI is InChI=1S/C28H26Cl2N8O.CH4N2O/c1-37-10-12-38(13-11-37)20-7-9-23-25(15-20)34-27(33-23)26-16-24(35-36-26)17-2-4-18(5-3-17)31-28(39)32-19-6-8-21(29)22(30)14-19;2-1(3)4/h2-9,14-16H,10-13H2,1H3,(H,33,34)(H,35,36)(H2,31,32,39);(H4,2,3,4). The minimum absolute atomic E-state index is 0.371. The number of aromatic nitrogens is 4. The number of hydrogen-bond acceptors (Lipinski definition) is 6. The van der Waals surface area contributed by atoms with E-state index in [1.807, 2.05) is 30.3 Å². The normalized spacial score (nSPS) is 13.3. The van der Waals surface area contributed by atoms with Gasteiger partial charge in [0.2, 0.25) is 0 Å². The molecule has 0 saturated carbocycles. The molecule has 1 aliphatic heterocycles. The molecule has 12 nitrogen and oxygen atoms in total. The summed E-state index contributed by atoms with van der Waals surface area (Å²) in [7, 11) is 2.16. The highest BCUT2D eigenvalue weighted by Gasteiger charge is 2.16. The van der Waals surface area contributed by atoms with E-state index >= 15 is 0 Å². The van der Waals surface area contributed by atoms with Gasteiger partial charge < -0.3 is 36.9 Å². The highest BCUT2D eigenvalue weighted by Crippen LogP contribution is 2.28. The number of carbonyl (C=O) groups excluding carboxylic acids is 2. The largest absolute Gasteiger partial charge is 0.369 e. The first kappa shape index (κ1) is 29.7. The Bertz CT molecular complexity index is 1740. The Hall–Kier alpha value is -4.78. The molecule has 1 saturated heterocycles. The van der Waals surface area contributed by atoms with Gasteiger partial charge in [0.1, 0.15) is 5.69 Å². The first-order valence-corrected chi connectivity index (χ1v) is 14.1. The number of primary amides is 2. The van der Waals surface area contributed by atoms with Crippen LogP contribution in [0.3, 0.4) is 0 Å². The van der Waals surface area contributed by atoms with E-state index in [1.165, 1.54) is 5.69 Å². The van der Waals surface area contributed by atoms with Crippen LogP contribution in [0.15, 0.2) is 66.7 Å². The van der Waals surface area contributed by atoms with Crippen molar-refractivity contribution in [2.75, 3.05) is 48.8 Å². The molecule has 8 N–H and O–H groups in total. The number of amides is 4. The fourth-order valence-corrected chi connectivity index (χ4v) is 4.87. The lowest BCUT2D eigenvalue weighted by atomic mass is 10.1. The summed E-state index contributed by atoms with van der Waals surface area (Å²) in [4.78, 5) is 34.3. The quantitative estimate of drug-likeness (QED) is 0.154. The fraction of sp³-hybridized carbons (Fsp3) is 0.172. The summed E-state index contributed by atoms with van der Waals surface area (Å²) in [5.74, 6) is 0.733. The first-order valence-electron chi connectivity index (χ1n) is 13.3. The second-order valence-corrected chi connectivity index (χ2v) is 10.7. The third kappa shape index (κ3) is 7.55. The van der Waals surface area contributed by atoms with Gasteiger partial charge in [0.25, 0.3) is 0 Å². The molecular formula is C29H30Cl2N10O2. The Morgan fingerprint density at radius 1 is 0.860 bits per heavy atom. The van der Waals surface area contributed by atoms with Crippen molar-refractivity contribution in [3.8, 4) is 22.8 Å². The number of carbonyl (C=O) groups is 2. The lowest BCUT2D eigenvalue weighted by Crippen LogP contribution is -2.44. The maximum absolute atomic E-state index is 12.4. The van der Waals surface area contributed by atoms with Crippen molar-refractivity contribution in [1.29, 1.82) is 0 Å². The summed E-state index contributed by atoms with van der Waals surface area (Å²) in [6.07, 6.45) is 0. The van der Waals surface area contributed by atoms with Gasteiger partial charge in [-0.1, -0.05) is 35.3 Å². The molecule has 222 valence electrons. The van der Waals surface area contributed by atoms with E-state index in [0.717, 1.165) is 60.0 Å². The van der Waals surface area contributed by atoms with Crippen molar-refractivity contribution < 1.29 is 9.59 Å². The number of H-pyrrole nitrogens is 2. The highest BCUT2D eigenvalue weighted by atomic mass is 35.5. The first-order chi connectivity index (χ1) is 20.6. The topological polar surface area (TPSA) is 174 Å². The SMILES string of the molecule is CN1CCN(c2ccc3nc(-c4cc(-c5ccc(NC(=O)Nc6ccc(Cl)c(Cl)c6)cc5)n[nH]4)[nH]c3c2)CC1.NC(N)=O. The van der Waals surface area contributed by atoms with Crippen LogP contribution in [-0.4, -0.2) is 70.4 Å². The zero-order chi connectivity index (χ0) is 30.5. The van der Waals surface area contributed by atoms with Crippen molar-refractivity contribution >= 4 is 63.4 Å². The molecule has 0 bridgehead atoms. The minimum atomic E-state index is -0.833. The van der Waals surface area contributed by atoms with E-state index in [1.54, 1.807) is 18.2 Å². The van der Waals surface area contributed by atoms with Crippen LogP contribution in [0, 0.1) is 0 Å². The zero-order valence-electron chi connectivity index (χ0n) is 23.2. The molecule has 14 heteroatoms. The van der Waals surface area contributed by atoms with Gasteiger partial charge in [-0.2, -0.15) is 5.10 Å². The van der Waals surface area contributed by atoms with Crippen molar-refractivity contribution in [3.05, 3.63) is 76.8 Å². The monoisotopic (exact) mass is 620 g/mol. The average molecular weight is 622 g/mol. The third-order valence-electron chi connectivity index (χ3n) is 6.78. The molecule has 4 amide bonds. The van der Waals surface area contributed by atoms with Gasteiger partial charge in [-0.3, -0.25) is 5.10 Å². The summed E-state index contributed by atoms with van der Waals surface area (Å²) in [5.41, 5.74) is 15.3. The Morgan fingerprint density at radius 3 is 2.23 bits per heavy atom. The zero-order valence-corrected chi connectivity index (χ0v) is 24.7. The summed E-state index contributed by atoms with van der Waals surface area (Å²) in [5, 5.41) is 13.9. The van der Waals surface area contributed by atoms with E-state index in [2.05, 4.69) is 72.3 Å². The number of halogens is 2. The van der Waals surface area contributed by atoms with Crippen LogP contribution < -0.4 is 27.0 Å². The molecule has 43 heavy (non-hydrogen) atoms. The number of aromatic amines is 2. The Morgan fingerprint density at radius 2 is 1.53 bits per heavy atom. The van der Waals surface area contributed by atoms with Gasteiger partial charge in [-0.05, 0) is 61.6 Å². The van der Waals surface area contributed by atoms with Crippen LogP contribution in [0.25, 0.3) is 33.8 Å². The molecule has 3 aromatic carbocycles. The number of anilines is 3. The van der Waals surface area contributed by atoms with Crippen molar-refractivity contribution in [1.82, 2.24) is 25.1 Å². The van der Waals surface area contributed by atoms with Gasteiger partial charge in [-0.15, -0.1) is 0 Å². The molecule has 0 spiro atoms. The van der Waals surface area contributed by atoms with Crippen LogP contribution in [0.1, 0.15) is 0 Å². The lowest BCUT2D eigenvalue weighted by molar-refractivity contribution is 0.256. The van der Waals surface area contributed by atoms with Crippen LogP contribution in [-0.2, 0) is 0 Å². The second-order valence-electron chi connectivity index (χ2n) is 9.93. The van der Waals surface area contributed by atoms with E-state index in [-0.39, 0.29) is 6.03 Å². The predicted octanol–water partition coefficient (Wildman–Crippen LogP) is 5.35. The summed E-state index contributed by atoms with van der Waals surface area (Å²) >= 11 is 11.9. The molecule has 6 rings (SSSR count). The minimum Gasteiger partial charge on any atom is -0.369 e. The molecule has 2 aromatic heterocycles. The maximum Gasteiger partial charge on any atom is 0.323 e. The molecule has 0 radical (unpaired) electrons. The number of nitrogens with two attached hydrogens (primary N) is 2. The van der Waals surface area contributed by atoms with E-state index in [4.69, 9.17) is 33.0 Å². The highest BCUT2D eigenvalue weighted by molar-refractivity contribution is 6.42. The molecule has 5 aromatic rings. The predicted molar refractivity (Wildman–Crippen MR) is 172 cm³/mol. The molecule has 3 heterocycles. The third-order valence-corrected chi connectivity index (χ3v) is 7.52. The molecule has 0 aliphatic carbocycles. The summed E-state index contributed by atoms with van der Waals surface area (Å²) in [6.45, 7) is 4.16. The van der Waals surface area contributed by atoms with Gasteiger partial charge in [-0.25, -0.2) is 14.6 Å². The fourth-order valence-electron chi connectivity index (χ4n) is 4.57. The number of likely N-dealkylation sites (N-methyl/N-ethyl adjacent to an activating group) is 1. The number of urea groups is 2. The number of hydrogen-bond donors (Lipinski definition) is 6. The number of nitrogens with zero attached hydrogens (tertiary/aromatic N) is 4. The van der Waals surface area contributed by atoms with Gasteiger partial charge >= 0.3 is 12.1 Å². The van der Waals surface area contributed by atoms with Gasteiger partial charge in [0.15, 0.2) is 5.82 Å². The second kappa shape index (κ2) is 13.0. The Labute approximate surface area is 257 Å². The van der Waals surface area contributed by atoms with Gasteiger partial charge in [0, 0.05) is 48.8 Å². The number of nitrogens with one attached hydrogen (secondary N) is 4. The van der Waals surface area contributed by atoms with E-state index < -0.39 is 6.03 Å². The number of fused-ring (bicyclic) bond motifs is 1. The van der Waals surface area contributed by atoms with Crippen molar-refractivity contribution in [2.24, 2.45) is 11.5 Å². The van der Waals surface area contributed by atoms with E-state index in [0.29, 0.717) is 21.4 Å². The molecule has 0 atom stereocenters. The van der Waals surface area contributed by atoms with Crippen molar-refractivity contribution in [2.45, 2.75) is 0 Å². The molecule has 1 aliphatic rings. The van der Waals surface area contributed by atoms with Crippen LogP contribution in [0.2, 0.25) is 10.0 Å². The van der Waals surface area contributed by atoms with Gasteiger partial charge in [0.05, 0.1) is 26.8 Å². The van der Waals surface area contributed by atoms with Crippen LogP contribution >= 0.6 is 23.2 Å². The molecular weight excluding hydrogens is 591 g/mol. The van der Waals surface area contributed by atoms with Crippen LogP contribution in [0.4, 0.5) is 26.7 Å². The smallest absolute Gasteiger partial charge is 0.323 e. The summed E-state index contributed by atoms with van der Waals surface area (Å²) in [6, 6.07) is 19.4. The average Bonchev–Trinajstić information content (AvgIpc) is 3.63. The number of benzene rings is 3. The Kier molecular flexibility index (Phi) is 9.00. The van der Waals surface area contributed by atoms with E-state index in [9.17, 15) is 4.79 Å². The number of rotatable bonds is 5. The summed E-state index contributed by atoms with van der Waals surface area (Å²) < 4.78 is 0.